The van der Waals surface area contributed by atoms with Gasteiger partial charge in [-0.25, -0.2) is 18.4 Å². The maximum Gasteiger partial charge on any atom is 0.280 e. The number of sulfonamides is 1. The van der Waals surface area contributed by atoms with Crippen LogP contribution in [0.25, 0.3) is 0 Å². The summed E-state index contributed by atoms with van der Waals surface area (Å²) in [4.78, 5) is 30.8. The molecule has 2 aromatic rings. The van der Waals surface area contributed by atoms with Crippen LogP contribution in [0, 0.1) is 41.0 Å². The van der Waals surface area contributed by atoms with E-state index in [2.05, 4.69) is 14.7 Å². The maximum absolute atomic E-state index is 12.9. The SMILES string of the molecule is Cc1nc(N2CCOCC2)nc(C)c1NS(=O)(=O)c1cc([N+](=O)[O-])c(C)c([N+](=O)[O-])c1. The molecule has 0 spiro atoms. The number of rotatable bonds is 6. The van der Waals surface area contributed by atoms with Crippen molar-refractivity contribution in [1.29, 1.82) is 0 Å². The summed E-state index contributed by atoms with van der Waals surface area (Å²) in [5.41, 5.74) is -0.784. The number of nitrogens with one attached hydrogen (secondary N) is 1. The van der Waals surface area contributed by atoms with E-state index < -0.39 is 36.1 Å². The summed E-state index contributed by atoms with van der Waals surface area (Å²) in [5, 5.41) is 22.5. The van der Waals surface area contributed by atoms with Crippen molar-refractivity contribution in [3.05, 3.63) is 49.3 Å². The van der Waals surface area contributed by atoms with E-state index in [0.29, 0.717) is 43.6 Å². The lowest BCUT2D eigenvalue weighted by Gasteiger charge is -2.27. The number of hydrogen-bond donors (Lipinski definition) is 1. The number of nitro benzene ring substituents is 2. The van der Waals surface area contributed by atoms with Gasteiger partial charge in [0, 0.05) is 25.2 Å². The van der Waals surface area contributed by atoms with Gasteiger partial charge in [-0.2, -0.15) is 0 Å². The second-order valence-electron chi connectivity index (χ2n) is 6.88. The van der Waals surface area contributed by atoms with Crippen LogP contribution in [0.3, 0.4) is 0 Å². The molecular weight excluding hydrogens is 432 g/mol. The van der Waals surface area contributed by atoms with E-state index in [0.717, 1.165) is 12.1 Å². The molecule has 1 saturated heterocycles. The van der Waals surface area contributed by atoms with Crippen molar-refractivity contribution in [3.63, 3.8) is 0 Å². The van der Waals surface area contributed by atoms with Crippen LogP contribution in [0.15, 0.2) is 17.0 Å². The molecule has 1 N–H and O–H groups in total. The van der Waals surface area contributed by atoms with Gasteiger partial charge in [0.25, 0.3) is 21.4 Å². The number of anilines is 2. The van der Waals surface area contributed by atoms with Gasteiger partial charge in [-0.15, -0.1) is 0 Å². The summed E-state index contributed by atoms with van der Waals surface area (Å²) in [6.45, 7) is 6.63. The molecule has 0 aliphatic carbocycles. The Hall–Kier alpha value is -3.39. The number of aryl methyl sites for hydroxylation is 2. The van der Waals surface area contributed by atoms with E-state index in [1.807, 2.05) is 4.90 Å². The fraction of sp³-hybridized carbons (Fsp3) is 0.412. The number of aromatic nitrogens is 2. The predicted molar refractivity (Wildman–Crippen MR) is 110 cm³/mol. The molecule has 0 atom stereocenters. The lowest BCUT2D eigenvalue weighted by Crippen LogP contribution is -2.37. The molecule has 31 heavy (non-hydrogen) atoms. The van der Waals surface area contributed by atoms with E-state index in [1.165, 1.54) is 6.92 Å². The van der Waals surface area contributed by atoms with Gasteiger partial charge < -0.3 is 9.64 Å². The van der Waals surface area contributed by atoms with Crippen LogP contribution in [0.5, 0.6) is 0 Å². The van der Waals surface area contributed by atoms with Gasteiger partial charge in [0.2, 0.25) is 5.95 Å². The smallest absolute Gasteiger partial charge is 0.280 e. The summed E-state index contributed by atoms with van der Waals surface area (Å²) in [7, 11) is -4.40. The quantitative estimate of drug-likeness (QED) is 0.504. The zero-order valence-electron chi connectivity index (χ0n) is 17.0. The molecule has 0 unspecified atom stereocenters. The Labute approximate surface area is 177 Å². The van der Waals surface area contributed by atoms with Gasteiger partial charge in [0.05, 0.1) is 40.1 Å². The van der Waals surface area contributed by atoms with Crippen molar-refractivity contribution in [2.24, 2.45) is 0 Å². The molecule has 13 nitrogen and oxygen atoms in total. The highest BCUT2D eigenvalue weighted by Crippen LogP contribution is 2.32. The first-order chi connectivity index (χ1) is 14.5. The Bertz CT molecular complexity index is 1100. The highest BCUT2D eigenvalue weighted by Gasteiger charge is 2.29. The van der Waals surface area contributed by atoms with Crippen LogP contribution < -0.4 is 9.62 Å². The molecular formula is C17H20N6O7S. The van der Waals surface area contributed by atoms with Gasteiger partial charge in [0.1, 0.15) is 10.5 Å². The van der Waals surface area contributed by atoms with E-state index in [4.69, 9.17) is 4.74 Å². The Morgan fingerprint density at radius 2 is 1.48 bits per heavy atom. The molecule has 1 aromatic heterocycles. The van der Waals surface area contributed by atoms with Gasteiger partial charge in [-0.05, 0) is 20.8 Å². The van der Waals surface area contributed by atoms with E-state index >= 15 is 0 Å². The van der Waals surface area contributed by atoms with Gasteiger partial charge in [-0.3, -0.25) is 25.0 Å². The highest BCUT2D eigenvalue weighted by molar-refractivity contribution is 7.92. The number of nitro groups is 2. The molecule has 1 aliphatic heterocycles. The molecule has 2 heterocycles. The van der Waals surface area contributed by atoms with Crippen molar-refractivity contribution in [2.45, 2.75) is 25.7 Å². The first kappa shape index (κ1) is 22.3. The monoisotopic (exact) mass is 452 g/mol. The highest BCUT2D eigenvalue weighted by atomic mass is 32.2. The predicted octanol–water partition coefficient (Wildman–Crippen LogP) is 1.86. The van der Waals surface area contributed by atoms with Crippen LogP contribution in [-0.4, -0.2) is 54.5 Å². The summed E-state index contributed by atoms with van der Waals surface area (Å²) in [5.74, 6) is 0.433. The van der Waals surface area contributed by atoms with Gasteiger partial charge in [0.15, 0.2) is 0 Å². The second-order valence-corrected chi connectivity index (χ2v) is 8.56. The molecule has 0 radical (unpaired) electrons. The molecule has 0 amide bonds. The lowest BCUT2D eigenvalue weighted by molar-refractivity contribution is -0.395. The molecule has 3 rings (SSSR count). The number of ether oxygens (including phenoxy) is 1. The summed E-state index contributed by atoms with van der Waals surface area (Å²) in [6.07, 6.45) is 0. The lowest BCUT2D eigenvalue weighted by atomic mass is 10.1. The van der Waals surface area contributed by atoms with Crippen molar-refractivity contribution in [2.75, 3.05) is 35.9 Å². The second kappa shape index (κ2) is 8.39. The summed E-state index contributed by atoms with van der Waals surface area (Å²) >= 11 is 0. The van der Waals surface area contributed by atoms with E-state index in [9.17, 15) is 28.6 Å². The molecule has 0 bridgehead atoms. The third kappa shape index (κ3) is 4.54. The normalized spacial score (nSPS) is 14.4. The minimum Gasteiger partial charge on any atom is -0.378 e. The minimum absolute atomic E-state index is 0.0999. The topological polar surface area (TPSA) is 171 Å². The summed E-state index contributed by atoms with van der Waals surface area (Å²) in [6, 6.07) is 1.58. The summed E-state index contributed by atoms with van der Waals surface area (Å²) < 4.78 is 33.4. The van der Waals surface area contributed by atoms with Crippen molar-refractivity contribution in [3.8, 4) is 0 Å². The van der Waals surface area contributed by atoms with Crippen LogP contribution in [-0.2, 0) is 14.8 Å². The zero-order valence-corrected chi connectivity index (χ0v) is 17.8. The fourth-order valence-corrected chi connectivity index (χ4v) is 4.35. The maximum atomic E-state index is 12.9. The van der Waals surface area contributed by atoms with E-state index in [1.54, 1.807) is 13.8 Å². The third-order valence-corrected chi connectivity index (χ3v) is 6.15. The molecule has 166 valence electrons. The Kier molecular flexibility index (Phi) is 6.03. The average molecular weight is 452 g/mol. The first-order valence-electron chi connectivity index (χ1n) is 9.15. The number of nitrogens with zero attached hydrogens (tertiary/aromatic N) is 5. The Morgan fingerprint density at radius 3 is 1.94 bits per heavy atom. The largest absolute Gasteiger partial charge is 0.378 e. The Balaban J connectivity index is 2.01. The number of hydrogen-bond acceptors (Lipinski definition) is 10. The molecule has 1 aromatic carbocycles. The molecule has 1 fully saturated rings. The minimum atomic E-state index is -4.40. The Morgan fingerprint density at radius 1 is 1.00 bits per heavy atom. The third-order valence-electron chi connectivity index (χ3n) is 4.82. The standard InChI is InChI=1S/C17H20N6O7S/c1-10-14(22(24)25)8-13(9-15(10)23(26)27)31(28,29)20-16-11(2)18-17(19-12(16)3)21-4-6-30-7-5-21/h8-9,20H,4-7H2,1-3H3. The van der Waals surface area contributed by atoms with Crippen molar-refractivity contribution < 1.29 is 23.0 Å². The molecule has 14 heteroatoms. The molecule has 0 saturated carbocycles. The van der Waals surface area contributed by atoms with Crippen LogP contribution in [0.1, 0.15) is 17.0 Å². The number of morpholine rings is 1. The number of benzene rings is 1. The van der Waals surface area contributed by atoms with Gasteiger partial charge in [-0.1, -0.05) is 0 Å². The van der Waals surface area contributed by atoms with Crippen LogP contribution in [0.4, 0.5) is 23.0 Å². The molecule has 1 aliphatic rings. The first-order valence-corrected chi connectivity index (χ1v) is 10.6. The van der Waals surface area contributed by atoms with Crippen molar-refractivity contribution >= 4 is 33.0 Å². The van der Waals surface area contributed by atoms with Gasteiger partial charge >= 0.3 is 0 Å². The van der Waals surface area contributed by atoms with Crippen LogP contribution in [0.2, 0.25) is 0 Å². The van der Waals surface area contributed by atoms with E-state index in [-0.39, 0.29) is 11.3 Å². The van der Waals surface area contributed by atoms with Crippen molar-refractivity contribution in [1.82, 2.24) is 9.97 Å². The zero-order chi connectivity index (χ0) is 22.9. The average Bonchev–Trinajstić information content (AvgIpc) is 2.70. The fourth-order valence-electron chi connectivity index (χ4n) is 3.14. The van der Waals surface area contributed by atoms with Crippen LogP contribution >= 0.6 is 0 Å².